The van der Waals surface area contributed by atoms with Crippen molar-refractivity contribution in [3.8, 4) is 0 Å². The van der Waals surface area contributed by atoms with Gasteiger partial charge in [-0.25, -0.2) is 8.78 Å². The van der Waals surface area contributed by atoms with Gasteiger partial charge >= 0.3 is 6.18 Å². The van der Waals surface area contributed by atoms with E-state index in [9.17, 15) is 26.7 Å². The number of nitrogens with zero attached hydrogens (tertiary/aromatic N) is 1. The minimum Gasteiger partial charge on any atom is -0.339 e. The fraction of sp³-hybridized carbons (Fsp3) is 0.500. The highest BCUT2D eigenvalue weighted by atomic mass is 19.4. The summed E-state index contributed by atoms with van der Waals surface area (Å²) in [6.45, 7) is 1.14. The first-order valence-electron chi connectivity index (χ1n) is 11.5. The van der Waals surface area contributed by atoms with Gasteiger partial charge in [0.25, 0.3) is 0 Å². The summed E-state index contributed by atoms with van der Waals surface area (Å²) in [6, 6.07) is 10.4. The number of benzene rings is 2. The molecule has 2 aliphatic carbocycles. The van der Waals surface area contributed by atoms with Crippen molar-refractivity contribution >= 4 is 5.91 Å². The van der Waals surface area contributed by atoms with E-state index in [1.807, 2.05) is 4.90 Å². The minimum absolute atomic E-state index is 0.0756. The van der Waals surface area contributed by atoms with E-state index in [1.165, 1.54) is 24.3 Å². The van der Waals surface area contributed by atoms with Gasteiger partial charge in [0.2, 0.25) is 11.6 Å². The quantitative estimate of drug-likeness (QED) is 0.509. The molecule has 1 unspecified atom stereocenters. The third-order valence-electron chi connectivity index (χ3n) is 7.86. The summed E-state index contributed by atoms with van der Waals surface area (Å²) in [5.41, 5.74) is -1.82. The first-order valence-corrected chi connectivity index (χ1v) is 11.5. The zero-order valence-electron chi connectivity index (χ0n) is 18.4. The van der Waals surface area contributed by atoms with Gasteiger partial charge in [-0.15, -0.1) is 0 Å². The van der Waals surface area contributed by atoms with Crippen molar-refractivity contribution in [2.45, 2.75) is 68.8 Å². The normalized spacial score (nSPS) is 26.5. The van der Waals surface area contributed by atoms with Crippen LogP contribution in [0.3, 0.4) is 0 Å². The lowest BCUT2D eigenvalue weighted by atomic mass is 9.63. The highest BCUT2D eigenvalue weighted by molar-refractivity contribution is 5.82. The van der Waals surface area contributed by atoms with Crippen LogP contribution in [-0.4, -0.2) is 29.6 Å². The molecule has 0 N–H and O–H groups in total. The summed E-state index contributed by atoms with van der Waals surface area (Å²) < 4.78 is 68.2. The third-order valence-corrected chi connectivity index (χ3v) is 7.86. The molecule has 0 spiro atoms. The first kappa shape index (κ1) is 22.4. The lowest BCUT2D eigenvalue weighted by Gasteiger charge is -2.44. The van der Waals surface area contributed by atoms with E-state index in [0.717, 1.165) is 24.0 Å². The van der Waals surface area contributed by atoms with E-state index in [2.05, 4.69) is 0 Å². The molecule has 1 saturated carbocycles. The van der Waals surface area contributed by atoms with Crippen LogP contribution < -0.4 is 0 Å². The van der Waals surface area contributed by atoms with Gasteiger partial charge in [0.15, 0.2) is 0 Å². The molecular weight excluding hydrogens is 437 g/mol. The van der Waals surface area contributed by atoms with Crippen LogP contribution in [0.15, 0.2) is 42.5 Å². The monoisotopic (exact) mass is 463 g/mol. The second-order valence-corrected chi connectivity index (χ2v) is 9.94. The highest BCUT2D eigenvalue weighted by Crippen LogP contribution is 2.52. The fourth-order valence-corrected chi connectivity index (χ4v) is 5.82. The van der Waals surface area contributed by atoms with Crippen molar-refractivity contribution in [3.05, 3.63) is 70.5 Å². The maximum absolute atomic E-state index is 14.7. The highest BCUT2D eigenvalue weighted by Gasteiger charge is 2.56. The smallest absolute Gasteiger partial charge is 0.339 e. The molecule has 3 atom stereocenters. The molecule has 2 fully saturated rings. The van der Waals surface area contributed by atoms with Gasteiger partial charge in [0, 0.05) is 23.9 Å². The number of carbonyl (C=O) groups excluding carboxylic acids is 1. The summed E-state index contributed by atoms with van der Waals surface area (Å²) in [5.74, 6) is -0.100. The van der Waals surface area contributed by atoms with Gasteiger partial charge in [-0.2, -0.15) is 13.2 Å². The van der Waals surface area contributed by atoms with Crippen LogP contribution in [0.25, 0.3) is 0 Å². The number of aryl methyl sites for hydroxylation is 1. The van der Waals surface area contributed by atoms with Crippen LogP contribution in [0.5, 0.6) is 0 Å². The number of hydrogen-bond acceptors (Lipinski definition) is 1. The lowest BCUT2D eigenvalue weighted by molar-refractivity contribution is -0.228. The van der Waals surface area contributed by atoms with E-state index in [0.29, 0.717) is 44.7 Å². The summed E-state index contributed by atoms with van der Waals surface area (Å²) in [5, 5.41) is 0. The number of halogens is 5. The molecular formula is C26H26F5NO. The molecule has 2 nitrogen and oxygen atoms in total. The maximum Gasteiger partial charge on any atom is 0.426 e. The van der Waals surface area contributed by atoms with E-state index in [1.54, 1.807) is 18.2 Å². The van der Waals surface area contributed by atoms with Crippen molar-refractivity contribution in [2.24, 2.45) is 5.92 Å². The largest absolute Gasteiger partial charge is 0.426 e. The van der Waals surface area contributed by atoms with Crippen LogP contribution >= 0.6 is 0 Å². The molecule has 5 rings (SSSR count). The van der Waals surface area contributed by atoms with Crippen LogP contribution in [0, 0.1) is 11.7 Å². The zero-order chi connectivity index (χ0) is 23.6. The Morgan fingerprint density at radius 2 is 1.76 bits per heavy atom. The molecule has 1 amide bonds. The molecule has 3 aliphatic rings. The predicted octanol–water partition coefficient (Wildman–Crippen LogP) is 6.01. The van der Waals surface area contributed by atoms with E-state index < -0.39 is 22.8 Å². The number of rotatable bonds is 4. The SMILES string of the molecule is CC(F)(c1ccc2c(c1)CC[C@H]1N(C(=O)C3CC3)CC[C@@]21Cc1ccc(F)cc1)C(F)(F)F. The van der Waals surface area contributed by atoms with Crippen LogP contribution in [0.2, 0.25) is 0 Å². The molecule has 176 valence electrons. The van der Waals surface area contributed by atoms with Crippen LogP contribution in [-0.2, 0) is 28.7 Å². The van der Waals surface area contributed by atoms with Gasteiger partial charge < -0.3 is 4.90 Å². The molecule has 1 heterocycles. The topological polar surface area (TPSA) is 20.3 Å². The van der Waals surface area contributed by atoms with Crippen molar-refractivity contribution in [1.82, 2.24) is 4.90 Å². The number of amides is 1. The van der Waals surface area contributed by atoms with E-state index in [4.69, 9.17) is 0 Å². The summed E-state index contributed by atoms with van der Waals surface area (Å²) in [6.07, 6.45) is -0.881. The first-order chi connectivity index (χ1) is 15.5. The van der Waals surface area contributed by atoms with Gasteiger partial charge in [-0.3, -0.25) is 4.79 Å². The average Bonchev–Trinajstić information content (AvgIpc) is 3.55. The molecule has 1 saturated heterocycles. The molecule has 0 bridgehead atoms. The Labute approximate surface area is 189 Å². The second kappa shape index (κ2) is 7.54. The molecule has 1 aliphatic heterocycles. The Balaban J connectivity index is 1.58. The van der Waals surface area contributed by atoms with E-state index in [-0.39, 0.29) is 23.7 Å². The van der Waals surface area contributed by atoms with Gasteiger partial charge in [0.05, 0.1) is 0 Å². The van der Waals surface area contributed by atoms with Crippen molar-refractivity contribution in [3.63, 3.8) is 0 Å². The molecule has 0 radical (unpaired) electrons. The minimum atomic E-state index is -5.01. The zero-order valence-corrected chi connectivity index (χ0v) is 18.4. The summed E-state index contributed by atoms with van der Waals surface area (Å²) in [4.78, 5) is 15.0. The summed E-state index contributed by atoms with van der Waals surface area (Å²) in [7, 11) is 0. The predicted molar refractivity (Wildman–Crippen MR) is 114 cm³/mol. The van der Waals surface area contributed by atoms with E-state index >= 15 is 0 Å². The number of fused-ring (bicyclic) bond motifs is 3. The van der Waals surface area contributed by atoms with Crippen molar-refractivity contribution in [2.75, 3.05) is 6.54 Å². The van der Waals surface area contributed by atoms with Crippen LogP contribution in [0.4, 0.5) is 22.0 Å². The number of alkyl halides is 4. The van der Waals surface area contributed by atoms with Gasteiger partial charge in [-0.1, -0.05) is 30.3 Å². The Hall–Kier alpha value is -2.44. The second-order valence-electron chi connectivity index (χ2n) is 9.94. The molecule has 2 aromatic carbocycles. The van der Waals surface area contributed by atoms with Crippen molar-refractivity contribution in [1.29, 1.82) is 0 Å². The maximum atomic E-state index is 14.7. The molecule has 7 heteroatoms. The number of hydrogen-bond donors (Lipinski definition) is 0. The average molecular weight is 463 g/mol. The number of likely N-dealkylation sites (tertiary alicyclic amines) is 1. The Bertz CT molecular complexity index is 1070. The van der Waals surface area contributed by atoms with Crippen LogP contribution in [0.1, 0.15) is 54.9 Å². The molecule has 2 aromatic rings. The fourth-order valence-electron chi connectivity index (χ4n) is 5.82. The summed E-state index contributed by atoms with van der Waals surface area (Å²) >= 11 is 0. The standard InChI is InChI=1S/C26H26F5NO/c1-24(28,26(29,30)31)19-7-10-21-18(14-19)6-11-22-25(21,15-16-2-8-20(27)9-3-16)12-13-32(22)23(33)17-4-5-17/h2-3,7-10,14,17,22H,4-6,11-13,15H2,1H3/t22-,24?,25-/m1/s1. The third kappa shape index (κ3) is 3.64. The number of carbonyl (C=O) groups is 1. The lowest BCUT2D eigenvalue weighted by Crippen LogP contribution is -2.49. The molecule has 0 aromatic heterocycles. The Morgan fingerprint density at radius 1 is 1.06 bits per heavy atom. The Morgan fingerprint density at radius 3 is 2.39 bits per heavy atom. The van der Waals surface area contributed by atoms with Crippen molar-refractivity contribution < 1.29 is 26.7 Å². The Kier molecular flexibility index (Phi) is 5.11. The molecule has 33 heavy (non-hydrogen) atoms. The van der Waals surface area contributed by atoms with Gasteiger partial charge in [-0.05, 0) is 79.8 Å². The van der Waals surface area contributed by atoms with Gasteiger partial charge in [0.1, 0.15) is 5.82 Å².